The summed E-state index contributed by atoms with van der Waals surface area (Å²) in [5.74, 6) is 1.75. The van der Waals surface area contributed by atoms with Crippen LogP contribution < -0.4 is 5.32 Å². The van der Waals surface area contributed by atoms with Crippen LogP contribution >= 0.6 is 0 Å². The van der Waals surface area contributed by atoms with E-state index in [-0.39, 0.29) is 0 Å². The molecule has 19 heavy (non-hydrogen) atoms. The lowest BCUT2D eigenvalue weighted by Gasteiger charge is -2.20. The molecule has 1 aromatic heterocycles. The van der Waals surface area contributed by atoms with E-state index in [2.05, 4.69) is 36.7 Å². The molecule has 1 aromatic rings. The normalized spacial score (nSPS) is 15.4. The molecule has 1 N–H and O–H groups in total. The van der Waals surface area contributed by atoms with Crippen molar-refractivity contribution >= 4 is 0 Å². The van der Waals surface area contributed by atoms with Gasteiger partial charge in [-0.15, -0.1) is 6.58 Å². The smallest absolute Gasteiger partial charge is 0.122 e. The third-order valence-electron chi connectivity index (χ3n) is 3.48. The molecule has 106 valence electrons. The highest BCUT2D eigenvalue weighted by Gasteiger charge is 2.28. The molecule has 0 amide bonds. The monoisotopic (exact) mass is 262 g/mol. The Balaban J connectivity index is 1.88. The summed E-state index contributed by atoms with van der Waals surface area (Å²) in [6, 6.07) is 2.86. The van der Waals surface area contributed by atoms with Gasteiger partial charge in [0.2, 0.25) is 0 Å². The molecule has 0 atom stereocenters. The maximum atomic E-state index is 5.61. The quantitative estimate of drug-likeness (QED) is 0.693. The molecule has 3 nitrogen and oxygen atoms in total. The first kappa shape index (κ1) is 14.4. The van der Waals surface area contributed by atoms with E-state index in [1.165, 1.54) is 18.4 Å². The number of hydrogen-bond acceptors (Lipinski definition) is 3. The van der Waals surface area contributed by atoms with E-state index in [1.807, 2.05) is 6.08 Å². The maximum Gasteiger partial charge on any atom is 0.122 e. The first-order valence-electron chi connectivity index (χ1n) is 7.31. The van der Waals surface area contributed by atoms with Crippen LogP contribution in [0, 0.1) is 5.92 Å². The number of nitrogens with one attached hydrogen (secondary N) is 1. The van der Waals surface area contributed by atoms with Crippen LogP contribution in [0.2, 0.25) is 0 Å². The van der Waals surface area contributed by atoms with Crippen molar-refractivity contribution in [1.29, 1.82) is 0 Å². The van der Waals surface area contributed by atoms with E-state index in [0.717, 1.165) is 38.0 Å². The average Bonchev–Trinajstić information content (AvgIpc) is 3.12. The highest BCUT2D eigenvalue weighted by atomic mass is 16.3. The van der Waals surface area contributed by atoms with Crippen LogP contribution in [0.5, 0.6) is 0 Å². The molecule has 1 fully saturated rings. The Morgan fingerprint density at radius 1 is 1.53 bits per heavy atom. The van der Waals surface area contributed by atoms with Crippen LogP contribution in [0.3, 0.4) is 0 Å². The van der Waals surface area contributed by atoms with Gasteiger partial charge in [0.1, 0.15) is 5.76 Å². The molecule has 0 spiro atoms. The summed E-state index contributed by atoms with van der Waals surface area (Å²) >= 11 is 0. The van der Waals surface area contributed by atoms with Crippen molar-refractivity contribution in [3.63, 3.8) is 0 Å². The predicted octanol–water partition coefficient (Wildman–Crippen LogP) is 3.18. The van der Waals surface area contributed by atoms with Gasteiger partial charge in [-0.2, -0.15) is 0 Å². The van der Waals surface area contributed by atoms with Crippen molar-refractivity contribution in [1.82, 2.24) is 10.2 Å². The second-order valence-corrected chi connectivity index (χ2v) is 5.84. The van der Waals surface area contributed by atoms with Crippen LogP contribution in [0.1, 0.15) is 38.0 Å². The Morgan fingerprint density at radius 2 is 2.32 bits per heavy atom. The van der Waals surface area contributed by atoms with Crippen molar-refractivity contribution in [3.05, 3.63) is 36.3 Å². The minimum Gasteiger partial charge on any atom is -0.468 e. The molecule has 1 aliphatic carbocycles. The molecule has 0 unspecified atom stereocenters. The highest BCUT2D eigenvalue weighted by Crippen LogP contribution is 2.28. The van der Waals surface area contributed by atoms with Gasteiger partial charge in [-0.3, -0.25) is 4.90 Å². The zero-order chi connectivity index (χ0) is 13.7. The summed E-state index contributed by atoms with van der Waals surface area (Å²) in [7, 11) is 0. The van der Waals surface area contributed by atoms with E-state index in [4.69, 9.17) is 4.42 Å². The molecule has 0 aromatic carbocycles. The lowest BCUT2D eigenvalue weighted by molar-refractivity contribution is 0.280. The van der Waals surface area contributed by atoms with E-state index >= 15 is 0 Å². The van der Waals surface area contributed by atoms with Crippen LogP contribution in [0.4, 0.5) is 0 Å². The van der Waals surface area contributed by atoms with Crippen molar-refractivity contribution in [3.8, 4) is 0 Å². The lowest BCUT2D eigenvalue weighted by Crippen LogP contribution is -2.26. The molecule has 1 saturated carbocycles. The first-order valence-corrected chi connectivity index (χ1v) is 7.31. The molecule has 0 bridgehead atoms. The van der Waals surface area contributed by atoms with Gasteiger partial charge < -0.3 is 9.73 Å². The Kier molecular flexibility index (Phi) is 5.23. The number of nitrogens with zero attached hydrogens (tertiary/aromatic N) is 1. The van der Waals surface area contributed by atoms with Crippen LogP contribution in [0.25, 0.3) is 0 Å². The summed E-state index contributed by atoms with van der Waals surface area (Å²) in [5.41, 5.74) is 1.31. The van der Waals surface area contributed by atoms with Crippen LogP contribution in [-0.4, -0.2) is 24.0 Å². The molecular weight excluding hydrogens is 236 g/mol. The van der Waals surface area contributed by atoms with Crippen molar-refractivity contribution in [2.45, 2.75) is 45.8 Å². The molecule has 1 aliphatic rings. The fraction of sp³-hybridized carbons (Fsp3) is 0.625. The Hall–Kier alpha value is -1.06. The third kappa shape index (κ3) is 4.51. The van der Waals surface area contributed by atoms with Gasteiger partial charge in [-0.05, 0) is 31.4 Å². The van der Waals surface area contributed by atoms with Crippen LogP contribution in [0.15, 0.2) is 29.4 Å². The number of furan rings is 1. The minimum absolute atomic E-state index is 0.669. The fourth-order valence-electron chi connectivity index (χ4n) is 2.30. The van der Waals surface area contributed by atoms with E-state index in [9.17, 15) is 0 Å². The van der Waals surface area contributed by atoms with Gasteiger partial charge in [0, 0.05) is 24.7 Å². The fourth-order valence-corrected chi connectivity index (χ4v) is 2.30. The maximum absolute atomic E-state index is 5.61. The molecular formula is C16H26N2O. The van der Waals surface area contributed by atoms with E-state index in [0.29, 0.717) is 5.92 Å². The van der Waals surface area contributed by atoms with Gasteiger partial charge >= 0.3 is 0 Å². The van der Waals surface area contributed by atoms with E-state index < -0.39 is 0 Å². The van der Waals surface area contributed by atoms with Crippen molar-refractivity contribution in [2.24, 2.45) is 5.92 Å². The topological polar surface area (TPSA) is 28.4 Å². The van der Waals surface area contributed by atoms with E-state index in [1.54, 1.807) is 6.26 Å². The lowest BCUT2D eigenvalue weighted by atomic mass is 10.2. The minimum atomic E-state index is 0.669. The summed E-state index contributed by atoms with van der Waals surface area (Å²) in [4.78, 5) is 2.49. The number of rotatable bonds is 9. The number of hydrogen-bond donors (Lipinski definition) is 1. The molecule has 0 radical (unpaired) electrons. The molecule has 0 aliphatic heterocycles. The largest absolute Gasteiger partial charge is 0.468 e. The van der Waals surface area contributed by atoms with Gasteiger partial charge in [0.05, 0.1) is 12.8 Å². The average molecular weight is 262 g/mol. The first-order chi connectivity index (χ1) is 9.20. The Bertz CT molecular complexity index is 393. The third-order valence-corrected chi connectivity index (χ3v) is 3.48. The second kappa shape index (κ2) is 6.92. The SMILES string of the molecule is C=CCN(Cc1ccoc1CNCC(C)C)C1CC1. The zero-order valence-corrected chi connectivity index (χ0v) is 12.2. The Labute approximate surface area is 116 Å². The standard InChI is InChI=1S/C16H26N2O/c1-4-8-18(15-5-6-15)12-14-7-9-19-16(14)11-17-10-13(2)3/h4,7,9,13,15,17H,1,5-6,8,10-12H2,2-3H3. The molecule has 3 heteroatoms. The van der Waals surface area contributed by atoms with Crippen LogP contribution in [-0.2, 0) is 13.1 Å². The van der Waals surface area contributed by atoms with Gasteiger partial charge in [-0.1, -0.05) is 19.9 Å². The van der Waals surface area contributed by atoms with Crippen molar-refractivity contribution < 1.29 is 4.42 Å². The summed E-state index contributed by atoms with van der Waals surface area (Å²) in [6.45, 7) is 12.1. The Morgan fingerprint density at radius 3 is 2.95 bits per heavy atom. The van der Waals surface area contributed by atoms with Gasteiger partial charge in [0.15, 0.2) is 0 Å². The molecule has 2 rings (SSSR count). The zero-order valence-electron chi connectivity index (χ0n) is 12.2. The molecule has 1 heterocycles. The molecule has 0 saturated heterocycles. The van der Waals surface area contributed by atoms with Gasteiger partial charge in [0.25, 0.3) is 0 Å². The summed E-state index contributed by atoms with van der Waals surface area (Å²) in [5, 5.41) is 3.45. The summed E-state index contributed by atoms with van der Waals surface area (Å²) < 4.78 is 5.61. The highest BCUT2D eigenvalue weighted by molar-refractivity contribution is 5.17. The van der Waals surface area contributed by atoms with Gasteiger partial charge in [-0.25, -0.2) is 0 Å². The van der Waals surface area contributed by atoms with Crippen molar-refractivity contribution in [2.75, 3.05) is 13.1 Å². The predicted molar refractivity (Wildman–Crippen MR) is 78.9 cm³/mol. The second-order valence-electron chi connectivity index (χ2n) is 5.84. The summed E-state index contributed by atoms with van der Waals surface area (Å²) in [6.07, 6.45) is 6.45.